The maximum Gasteiger partial charge on any atom is 0.162 e. The Bertz CT molecular complexity index is 8530. The molecule has 2 unspecified atom stereocenters. The minimum absolute atomic E-state index is 0.266. The van der Waals surface area contributed by atoms with Gasteiger partial charge in [0.1, 0.15) is 33.3 Å². The van der Waals surface area contributed by atoms with E-state index in [1.807, 2.05) is 66.9 Å². The van der Waals surface area contributed by atoms with Crippen LogP contribution >= 0.6 is 0 Å². The number of hydrogen-bond donors (Lipinski definition) is 0. The number of rotatable bonds is 14. The first-order chi connectivity index (χ1) is 62.7. The van der Waals surface area contributed by atoms with Crippen molar-refractivity contribution >= 4 is 133 Å². The second-order valence-electron chi connectivity index (χ2n) is 33.7. The first-order valence-electron chi connectivity index (χ1n) is 43.4. The zero-order valence-corrected chi connectivity index (χ0v) is 69.3. The molecule has 2 aliphatic rings. The first kappa shape index (κ1) is 73.2. The van der Waals surface area contributed by atoms with Gasteiger partial charge in [-0.1, -0.05) is 274 Å². The topological polar surface area (TPSA) is 125 Å². The Kier molecular flexibility index (Phi) is 16.9. The van der Waals surface area contributed by atoms with Gasteiger partial charge in [-0.25, -0.2) is 24.9 Å². The van der Waals surface area contributed by atoms with Crippen LogP contribution in [-0.2, 0) is 5.54 Å². The van der Waals surface area contributed by atoms with Crippen molar-refractivity contribution < 1.29 is 13.3 Å². The van der Waals surface area contributed by atoms with Crippen molar-refractivity contribution in [3.63, 3.8) is 0 Å². The van der Waals surface area contributed by atoms with Crippen LogP contribution in [0.1, 0.15) is 43.9 Å². The number of allylic oxidation sites excluding steroid dienone is 5. The summed E-state index contributed by atoms with van der Waals surface area (Å²) in [6.07, 6.45) is 17.1. The van der Waals surface area contributed by atoms with Crippen molar-refractivity contribution in [3.8, 4) is 112 Å². The number of anilines is 3. The third-order valence-electron chi connectivity index (χ3n) is 26.0. The Morgan fingerprint density at radius 1 is 0.346 bits per heavy atom. The highest BCUT2D eigenvalue weighted by molar-refractivity contribution is 6.20. The SMILES string of the molecule is CC1CC=Cc2c1nc1c(oc3ccccc31)c2-c1ccc(-c2cc(-c3ccccc3)nc(-c3ccnc(-c4cccc5oc6c(-c7ccc(N(c8ccc(-c9ccccc9)cc8)c8ccc(-c9cccc(-c%10ccc%11c%12cc(-c%13c%14ccccc%14nc%14c%13oc%13ccccc%13%14)ccc%12n(C%12(C)C=CC=CC%12)c%11c%10)c9)cc8)cc7)c7ccccc7nc6c45)c3)n2)cc1. The third kappa shape index (κ3) is 12.2. The standard InChI is InChI=1S/C116H76N8O3/c1-70-23-20-35-92-105(112-110(122-108(70)92)91-33-13-17-39-102(91)125-112)76-43-41-75(42-44-76)97-69-96(74-26-8-4-9-27-74)120-115(121-97)82-61-64-117-98(67-82)89-34-22-40-103-107(89)111-114(127-103)104(87-30-10-15-37-95(87)119-111)77-49-57-85(58-50-77)123(83-53-45-72(46-54-83)71-24-6-3-7-25-71)84-55-47-73(48-56-84)78-28-21-29-79(65-78)80-51-59-86-93-66-81(52-60-99(93)124(100(86)68-80)116(2)62-18-5-19-63-116)106-88-31-11-14-36-94(88)118-109-90-32-12-16-38-101(90)126-113(106)109/h3-22,24-62,64-70H,23,63H2,1-2H3. The molecule has 25 rings (SSSR count). The van der Waals surface area contributed by atoms with Crippen molar-refractivity contribution in [2.45, 2.75) is 38.1 Å². The van der Waals surface area contributed by atoms with Crippen LogP contribution in [0, 0.1) is 0 Å². The Morgan fingerprint density at radius 3 is 1.54 bits per heavy atom. The van der Waals surface area contributed by atoms with Crippen LogP contribution in [-0.4, -0.2) is 34.5 Å². The first-order valence-corrected chi connectivity index (χ1v) is 43.4. The molecular formula is C116H76N8O3. The molecule has 127 heavy (non-hydrogen) atoms. The molecule has 0 saturated heterocycles. The van der Waals surface area contributed by atoms with E-state index in [1.165, 1.54) is 21.8 Å². The summed E-state index contributed by atoms with van der Waals surface area (Å²) in [4.78, 5) is 34.1. The highest BCUT2D eigenvalue weighted by atomic mass is 16.3. The minimum atomic E-state index is -0.320. The molecule has 0 radical (unpaired) electrons. The van der Waals surface area contributed by atoms with E-state index in [0.717, 1.165) is 224 Å². The van der Waals surface area contributed by atoms with Gasteiger partial charge >= 0.3 is 0 Å². The molecule has 9 heterocycles. The monoisotopic (exact) mass is 1630 g/mol. The third-order valence-corrected chi connectivity index (χ3v) is 26.0. The van der Waals surface area contributed by atoms with Gasteiger partial charge in [-0.05, 0) is 191 Å². The normalized spacial score (nSPS) is 14.5. The zero-order chi connectivity index (χ0) is 84.0. The number of nitrogens with zero attached hydrogens (tertiary/aromatic N) is 8. The lowest BCUT2D eigenvalue weighted by Crippen LogP contribution is -2.27. The molecule has 11 nitrogen and oxygen atoms in total. The predicted molar refractivity (Wildman–Crippen MR) is 521 cm³/mol. The molecule has 0 fully saturated rings. The zero-order valence-electron chi connectivity index (χ0n) is 69.3. The molecule has 11 heteroatoms. The molecule has 23 aromatic rings. The second kappa shape index (κ2) is 29.4. The molecule has 0 saturated carbocycles. The van der Waals surface area contributed by atoms with E-state index in [4.69, 9.17) is 43.2 Å². The quantitative estimate of drug-likeness (QED) is 0.104. The Balaban J connectivity index is 0.553. The number of hydrogen-bond acceptors (Lipinski definition) is 10. The lowest BCUT2D eigenvalue weighted by atomic mass is 9.87. The number of furan rings is 3. The fourth-order valence-corrected chi connectivity index (χ4v) is 19.8. The molecule has 0 amide bonds. The number of benzene rings is 14. The van der Waals surface area contributed by atoms with E-state index in [0.29, 0.717) is 17.0 Å². The summed E-state index contributed by atoms with van der Waals surface area (Å²) >= 11 is 0. The molecule has 14 aromatic carbocycles. The summed E-state index contributed by atoms with van der Waals surface area (Å²) in [6.45, 7) is 4.61. The van der Waals surface area contributed by atoms with E-state index >= 15 is 0 Å². The second-order valence-corrected chi connectivity index (χ2v) is 33.7. The molecule has 0 bridgehead atoms. The smallest absolute Gasteiger partial charge is 0.162 e. The van der Waals surface area contributed by atoms with Crippen LogP contribution in [0.5, 0.6) is 0 Å². The van der Waals surface area contributed by atoms with Crippen LogP contribution in [0.2, 0.25) is 0 Å². The van der Waals surface area contributed by atoms with Gasteiger partial charge in [0.15, 0.2) is 22.6 Å². The molecule has 0 spiro atoms. The number of aromatic nitrogens is 7. The van der Waals surface area contributed by atoms with E-state index in [9.17, 15) is 0 Å². The van der Waals surface area contributed by atoms with Crippen molar-refractivity contribution in [2.24, 2.45) is 0 Å². The summed E-state index contributed by atoms with van der Waals surface area (Å²) in [6, 6.07) is 125. The predicted octanol–water partition coefficient (Wildman–Crippen LogP) is 31.1. The van der Waals surface area contributed by atoms with Gasteiger partial charge in [0.05, 0.1) is 50.3 Å². The molecule has 2 aliphatic carbocycles. The van der Waals surface area contributed by atoms with Crippen LogP contribution in [0.3, 0.4) is 0 Å². The molecule has 0 N–H and O–H groups in total. The maximum absolute atomic E-state index is 7.16. The average molecular weight is 1630 g/mol. The summed E-state index contributed by atoms with van der Waals surface area (Å²) < 4.78 is 23.1. The van der Waals surface area contributed by atoms with Gasteiger partial charge in [0, 0.05) is 112 Å². The van der Waals surface area contributed by atoms with E-state index < -0.39 is 0 Å². The van der Waals surface area contributed by atoms with Gasteiger partial charge in [-0.2, -0.15) is 0 Å². The molecule has 0 aliphatic heterocycles. The van der Waals surface area contributed by atoms with Gasteiger partial charge in [-0.3, -0.25) is 4.98 Å². The lowest BCUT2D eigenvalue weighted by molar-refractivity contribution is 0.437. The summed E-state index contributed by atoms with van der Waals surface area (Å²) in [5.41, 5.74) is 35.1. The van der Waals surface area contributed by atoms with Crippen molar-refractivity contribution in [2.75, 3.05) is 4.90 Å². The fourth-order valence-electron chi connectivity index (χ4n) is 19.8. The summed E-state index contributed by atoms with van der Waals surface area (Å²) in [7, 11) is 0. The van der Waals surface area contributed by atoms with Gasteiger partial charge in [0.2, 0.25) is 0 Å². The highest BCUT2D eigenvalue weighted by Gasteiger charge is 2.32. The van der Waals surface area contributed by atoms with E-state index in [1.54, 1.807) is 0 Å². The van der Waals surface area contributed by atoms with Crippen molar-refractivity contribution in [1.29, 1.82) is 0 Å². The van der Waals surface area contributed by atoms with Crippen LogP contribution in [0.15, 0.2) is 402 Å². The minimum Gasteiger partial charge on any atom is -0.454 e. The van der Waals surface area contributed by atoms with Gasteiger partial charge < -0.3 is 22.7 Å². The Morgan fingerprint density at radius 2 is 0.850 bits per heavy atom. The fraction of sp³-hybridized carbons (Fsp3) is 0.0517. The van der Waals surface area contributed by atoms with Crippen LogP contribution in [0.25, 0.3) is 228 Å². The van der Waals surface area contributed by atoms with Gasteiger partial charge in [0.25, 0.3) is 0 Å². The number of pyridine rings is 4. The summed E-state index contributed by atoms with van der Waals surface area (Å²) in [5, 5.41) is 7.31. The Labute approximate surface area is 730 Å². The average Bonchev–Trinajstić information content (AvgIpc) is 1.56. The highest BCUT2D eigenvalue weighted by Crippen LogP contribution is 2.50. The molecule has 598 valence electrons. The van der Waals surface area contributed by atoms with Crippen molar-refractivity contribution in [1.82, 2.24) is 34.5 Å². The van der Waals surface area contributed by atoms with Gasteiger partial charge in [-0.15, -0.1) is 0 Å². The maximum atomic E-state index is 7.16. The van der Waals surface area contributed by atoms with Crippen LogP contribution < -0.4 is 4.90 Å². The lowest BCUT2D eigenvalue weighted by Gasteiger charge is -2.31. The number of fused-ring (bicyclic) bond motifs is 15. The van der Waals surface area contributed by atoms with E-state index in [2.05, 4.69) is 351 Å². The van der Waals surface area contributed by atoms with Crippen molar-refractivity contribution in [3.05, 3.63) is 400 Å². The molecular weight excluding hydrogens is 1550 g/mol. The molecule has 2 atom stereocenters. The van der Waals surface area contributed by atoms with E-state index in [-0.39, 0.29) is 11.5 Å². The number of para-hydroxylation sites is 4. The van der Waals surface area contributed by atoms with Crippen LogP contribution in [0.4, 0.5) is 17.1 Å². The Hall–Kier alpha value is -16.5. The molecule has 9 aromatic heterocycles. The summed E-state index contributed by atoms with van der Waals surface area (Å²) in [5.74, 6) is 0.836. The largest absolute Gasteiger partial charge is 0.454 e.